The smallest absolute Gasteiger partial charge is 0.217 e. The summed E-state index contributed by atoms with van der Waals surface area (Å²) in [6.07, 6.45) is 4.50. The van der Waals surface area contributed by atoms with Gasteiger partial charge in [0.1, 0.15) is 5.75 Å². The Kier molecular flexibility index (Phi) is 4.20. The molecule has 0 bridgehead atoms. The first-order chi connectivity index (χ1) is 8.66. The Morgan fingerprint density at radius 3 is 3.11 bits per heavy atom. The number of nitrogens with two attached hydrogens (primary N) is 1. The van der Waals surface area contributed by atoms with Gasteiger partial charge in [0, 0.05) is 12.5 Å². The van der Waals surface area contributed by atoms with Crippen LogP contribution < -0.4 is 11.1 Å². The Labute approximate surface area is 107 Å². The van der Waals surface area contributed by atoms with Gasteiger partial charge in [-0.3, -0.25) is 4.79 Å². The SMILES string of the molecule is NC(=O)CCCNC1CCCc2ccc(O)cc21. The van der Waals surface area contributed by atoms with Crippen LogP contribution in [0, 0.1) is 0 Å². The number of aryl methyl sites for hydroxylation is 1. The van der Waals surface area contributed by atoms with Gasteiger partial charge in [0.25, 0.3) is 0 Å². The Balaban J connectivity index is 1.95. The lowest BCUT2D eigenvalue weighted by atomic mass is 9.87. The van der Waals surface area contributed by atoms with Crippen molar-refractivity contribution in [1.82, 2.24) is 5.32 Å². The number of phenolic OH excluding ortho intramolecular Hbond substituents is 1. The van der Waals surface area contributed by atoms with Crippen LogP contribution in [0.15, 0.2) is 18.2 Å². The summed E-state index contributed by atoms with van der Waals surface area (Å²) < 4.78 is 0. The summed E-state index contributed by atoms with van der Waals surface area (Å²) in [5, 5.41) is 13.0. The third-order valence-corrected chi connectivity index (χ3v) is 3.43. The monoisotopic (exact) mass is 248 g/mol. The molecule has 1 aliphatic carbocycles. The van der Waals surface area contributed by atoms with E-state index in [-0.39, 0.29) is 11.9 Å². The van der Waals surface area contributed by atoms with Crippen molar-refractivity contribution >= 4 is 5.91 Å². The van der Waals surface area contributed by atoms with E-state index < -0.39 is 0 Å². The van der Waals surface area contributed by atoms with E-state index in [9.17, 15) is 9.90 Å². The molecule has 0 spiro atoms. The van der Waals surface area contributed by atoms with Crippen LogP contribution in [0.3, 0.4) is 0 Å². The van der Waals surface area contributed by atoms with Gasteiger partial charge in [0.15, 0.2) is 0 Å². The number of hydrogen-bond donors (Lipinski definition) is 3. The number of rotatable bonds is 5. The zero-order chi connectivity index (χ0) is 13.0. The topological polar surface area (TPSA) is 75.4 Å². The van der Waals surface area contributed by atoms with Gasteiger partial charge in [-0.2, -0.15) is 0 Å². The maximum absolute atomic E-state index is 10.7. The van der Waals surface area contributed by atoms with E-state index in [0.29, 0.717) is 12.2 Å². The van der Waals surface area contributed by atoms with E-state index in [0.717, 1.165) is 32.2 Å². The Morgan fingerprint density at radius 1 is 1.50 bits per heavy atom. The van der Waals surface area contributed by atoms with Gasteiger partial charge < -0.3 is 16.2 Å². The van der Waals surface area contributed by atoms with Gasteiger partial charge in [0.05, 0.1) is 0 Å². The molecule has 0 saturated carbocycles. The fourth-order valence-corrected chi connectivity index (χ4v) is 2.54. The van der Waals surface area contributed by atoms with E-state index in [1.165, 1.54) is 11.1 Å². The lowest BCUT2D eigenvalue weighted by molar-refractivity contribution is -0.118. The number of primary amides is 1. The van der Waals surface area contributed by atoms with Crippen LogP contribution in [0.1, 0.15) is 42.9 Å². The van der Waals surface area contributed by atoms with Gasteiger partial charge >= 0.3 is 0 Å². The largest absolute Gasteiger partial charge is 0.508 e. The van der Waals surface area contributed by atoms with Crippen molar-refractivity contribution in [1.29, 1.82) is 0 Å². The molecule has 1 aromatic carbocycles. The Morgan fingerprint density at radius 2 is 2.33 bits per heavy atom. The number of hydrogen-bond acceptors (Lipinski definition) is 3. The first-order valence-corrected chi connectivity index (χ1v) is 6.50. The van der Waals surface area contributed by atoms with Crippen molar-refractivity contribution in [2.45, 2.75) is 38.1 Å². The molecule has 1 amide bonds. The molecule has 18 heavy (non-hydrogen) atoms. The molecule has 2 rings (SSSR count). The first kappa shape index (κ1) is 12.9. The highest BCUT2D eigenvalue weighted by Gasteiger charge is 2.19. The van der Waals surface area contributed by atoms with E-state index in [4.69, 9.17) is 5.73 Å². The molecule has 4 nitrogen and oxygen atoms in total. The predicted molar refractivity (Wildman–Crippen MR) is 70.2 cm³/mol. The van der Waals surface area contributed by atoms with Crippen molar-refractivity contribution in [3.05, 3.63) is 29.3 Å². The molecular formula is C14H20N2O2. The second-order valence-electron chi connectivity index (χ2n) is 4.85. The highest BCUT2D eigenvalue weighted by molar-refractivity contribution is 5.73. The quantitative estimate of drug-likeness (QED) is 0.693. The molecule has 4 N–H and O–H groups in total. The number of aromatic hydroxyl groups is 1. The van der Waals surface area contributed by atoms with Crippen LogP contribution in [-0.2, 0) is 11.2 Å². The summed E-state index contributed by atoms with van der Waals surface area (Å²) in [7, 11) is 0. The molecule has 0 aliphatic heterocycles. The average molecular weight is 248 g/mol. The molecular weight excluding hydrogens is 228 g/mol. The van der Waals surface area contributed by atoms with E-state index in [1.54, 1.807) is 6.07 Å². The molecule has 0 aromatic heterocycles. The second-order valence-corrected chi connectivity index (χ2v) is 4.85. The highest BCUT2D eigenvalue weighted by atomic mass is 16.3. The van der Waals surface area contributed by atoms with Crippen molar-refractivity contribution < 1.29 is 9.90 Å². The minimum atomic E-state index is -0.251. The summed E-state index contributed by atoms with van der Waals surface area (Å²) in [6.45, 7) is 0.780. The number of benzene rings is 1. The second kappa shape index (κ2) is 5.87. The van der Waals surface area contributed by atoms with Crippen molar-refractivity contribution in [3.8, 4) is 5.75 Å². The minimum Gasteiger partial charge on any atom is -0.508 e. The van der Waals surface area contributed by atoms with Crippen molar-refractivity contribution in [2.24, 2.45) is 5.73 Å². The number of nitrogens with one attached hydrogen (secondary N) is 1. The molecule has 0 heterocycles. The number of amides is 1. The molecule has 98 valence electrons. The van der Waals surface area contributed by atoms with Gasteiger partial charge in [0.2, 0.25) is 5.91 Å². The average Bonchev–Trinajstić information content (AvgIpc) is 2.34. The molecule has 1 aromatic rings. The summed E-state index contributed by atoms with van der Waals surface area (Å²) in [5.41, 5.74) is 7.61. The summed E-state index contributed by atoms with van der Waals surface area (Å²) in [5.74, 6) is 0.0677. The molecule has 1 atom stereocenters. The summed E-state index contributed by atoms with van der Waals surface area (Å²) >= 11 is 0. The van der Waals surface area contributed by atoms with E-state index in [2.05, 4.69) is 5.32 Å². The van der Waals surface area contributed by atoms with Crippen LogP contribution in [0.4, 0.5) is 0 Å². The summed E-state index contributed by atoms with van der Waals surface area (Å²) in [6, 6.07) is 5.88. The molecule has 0 radical (unpaired) electrons. The fraction of sp³-hybridized carbons (Fsp3) is 0.500. The molecule has 0 saturated heterocycles. The lowest BCUT2D eigenvalue weighted by Gasteiger charge is -2.26. The standard InChI is InChI=1S/C14H20N2O2/c15-14(18)5-2-8-16-13-4-1-3-10-6-7-11(17)9-12(10)13/h6-7,9,13,16-17H,1-5,8H2,(H2,15,18). The third-order valence-electron chi connectivity index (χ3n) is 3.43. The van der Waals surface area contributed by atoms with E-state index in [1.807, 2.05) is 12.1 Å². The van der Waals surface area contributed by atoms with Crippen LogP contribution in [0.5, 0.6) is 5.75 Å². The Bertz CT molecular complexity index is 432. The number of fused-ring (bicyclic) bond motifs is 1. The van der Waals surface area contributed by atoms with Crippen LogP contribution in [-0.4, -0.2) is 17.6 Å². The zero-order valence-corrected chi connectivity index (χ0v) is 10.5. The molecule has 1 aliphatic rings. The minimum absolute atomic E-state index is 0.251. The van der Waals surface area contributed by atoms with Crippen molar-refractivity contribution in [3.63, 3.8) is 0 Å². The maximum Gasteiger partial charge on any atom is 0.217 e. The fourth-order valence-electron chi connectivity index (χ4n) is 2.54. The Hall–Kier alpha value is -1.55. The van der Waals surface area contributed by atoms with Gasteiger partial charge in [-0.15, -0.1) is 0 Å². The van der Waals surface area contributed by atoms with Crippen LogP contribution >= 0.6 is 0 Å². The maximum atomic E-state index is 10.7. The molecule has 0 fully saturated rings. The van der Waals surface area contributed by atoms with Crippen molar-refractivity contribution in [2.75, 3.05) is 6.54 Å². The highest BCUT2D eigenvalue weighted by Crippen LogP contribution is 2.31. The van der Waals surface area contributed by atoms with E-state index >= 15 is 0 Å². The van der Waals surface area contributed by atoms with Gasteiger partial charge in [-0.1, -0.05) is 6.07 Å². The molecule has 1 unspecified atom stereocenters. The number of carbonyl (C=O) groups is 1. The summed E-state index contributed by atoms with van der Waals surface area (Å²) in [4.78, 5) is 10.7. The third kappa shape index (κ3) is 3.23. The zero-order valence-electron chi connectivity index (χ0n) is 10.5. The van der Waals surface area contributed by atoms with Gasteiger partial charge in [-0.05, 0) is 55.5 Å². The van der Waals surface area contributed by atoms with Crippen LogP contribution in [0.25, 0.3) is 0 Å². The number of phenols is 1. The normalized spacial score (nSPS) is 18.3. The van der Waals surface area contributed by atoms with Crippen LogP contribution in [0.2, 0.25) is 0 Å². The predicted octanol–water partition coefficient (Wildman–Crippen LogP) is 1.62. The number of carbonyl (C=O) groups excluding carboxylic acids is 1. The lowest BCUT2D eigenvalue weighted by Crippen LogP contribution is -2.26. The molecule has 4 heteroatoms. The first-order valence-electron chi connectivity index (χ1n) is 6.50. The van der Waals surface area contributed by atoms with Gasteiger partial charge in [-0.25, -0.2) is 0 Å².